The highest BCUT2D eigenvalue weighted by atomic mass is 16.5. The van der Waals surface area contributed by atoms with E-state index in [1.807, 2.05) is 54.6 Å². The lowest BCUT2D eigenvalue weighted by molar-refractivity contribution is -0.121. The summed E-state index contributed by atoms with van der Waals surface area (Å²) in [5.74, 6) is 1.09. The average Bonchev–Trinajstić information content (AvgIpc) is 2.54. The van der Waals surface area contributed by atoms with E-state index in [4.69, 9.17) is 4.74 Å². The van der Waals surface area contributed by atoms with Crippen LogP contribution in [0.15, 0.2) is 54.6 Å². The summed E-state index contributed by atoms with van der Waals surface area (Å²) in [6, 6.07) is 17.8. The van der Waals surface area contributed by atoms with Crippen molar-refractivity contribution in [1.29, 1.82) is 0 Å². The zero-order valence-electron chi connectivity index (χ0n) is 12.5. The van der Waals surface area contributed by atoms with Gasteiger partial charge in [0.2, 0.25) is 5.91 Å². The van der Waals surface area contributed by atoms with Crippen LogP contribution in [0.4, 0.5) is 0 Å². The summed E-state index contributed by atoms with van der Waals surface area (Å²) < 4.78 is 5.14. The number of carbonyl (C=O) groups is 1. The molecule has 0 aliphatic rings. The molecule has 0 saturated carbocycles. The number of rotatable bonds is 6. The Kier molecular flexibility index (Phi) is 5.38. The molecule has 110 valence electrons. The van der Waals surface area contributed by atoms with E-state index in [0.717, 1.165) is 16.9 Å². The average molecular weight is 283 g/mol. The van der Waals surface area contributed by atoms with Crippen molar-refractivity contribution in [3.63, 3.8) is 0 Å². The maximum Gasteiger partial charge on any atom is 0.220 e. The van der Waals surface area contributed by atoms with E-state index in [2.05, 4.69) is 12.2 Å². The molecule has 21 heavy (non-hydrogen) atoms. The third-order valence-corrected chi connectivity index (χ3v) is 3.51. The first-order chi connectivity index (χ1) is 10.2. The molecule has 3 heteroatoms. The van der Waals surface area contributed by atoms with Crippen LogP contribution >= 0.6 is 0 Å². The second-order valence-electron chi connectivity index (χ2n) is 5.14. The Morgan fingerprint density at radius 3 is 2.38 bits per heavy atom. The standard InChI is InChI=1S/C18H21NO2/c1-14(16-8-10-17(21-2)11-9-16)12-18(20)19-13-15-6-4-3-5-7-15/h3-11,14H,12-13H2,1-2H3,(H,19,20)/t14-/m0/s1. The Balaban J connectivity index is 1.83. The van der Waals surface area contributed by atoms with Crippen LogP contribution in [0.3, 0.4) is 0 Å². The molecule has 1 N–H and O–H groups in total. The minimum atomic E-state index is 0.0715. The third-order valence-electron chi connectivity index (χ3n) is 3.51. The molecule has 3 nitrogen and oxygen atoms in total. The van der Waals surface area contributed by atoms with Gasteiger partial charge >= 0.3 is 0 Å². The van der Waals surface area contributed by atoms with Crippen LogP contribution in [0.2, 0.25) is 0 Å². The van der Waals surface area contributed by atoms with Crippen LogP contribution < -0.4 is 10.1 Å². The number of hydrogen-bond acceptors (Lipinski definition) is 2. The first-order valence-corrected chi connectivity index (χ1v) is 7.13. The van der Waals surface area contributed by atoms with Gasteiger partial charge < -0.3 is 10.1 Å². The fourth-order valence-electron chi connectivity index (χ4n) is 2.20. The van der Waals surface area contributed by atoms with Crippen molar-refractivity contribution in [1.82, 2.24) is 5.32 Å². The molecule has 0 spiro atoms. The quantitative estimate of drug-likeness (QED) is 0.881. The first kappa shape index (κ1) is 15.1. The van der Waals surface area contributed by atoms with Gasteiger partial charge in [0.25, 0.3) is 0 Å². The van der Waals surface area contributed by atoms with Crippen molar-refractivity contribution < 1.29 is 9.53 Å². The molecule has 2 aromatic carbocycles. The summed E-state index contributed by atoms with van der Waals surface area (Å²) >= 11 is 0. The maximum atomic E-state index is 12.0. The summed E-state index contributed by atoms with van der Waals surface area (Å²) in [7, 11) is 1.65. The zero-order valence-corrected chi connectivity index (χ0v) is 12.5. The van der Waals surface area contributed by atoms with E-state index in [-0.39, 0.29) is 11.8 Å². The molecule has 0 aromatic heterocycles. The van der Waals surface area contributed by atoms with Crippen LogP contribution in [-0.2, 0) is 11.3 Å². The van der Waals surface area contributed by atoms with E-state index in [9.17, 15) is 4.79 Å². The highest BCUT2D eigenvalue weighted by Gasteiger charge is 2.11. The second-order valence-corrected chi connectivity index (χ2v) is 5.14. The molecule has 1 amide bonds. The van der Waals surface area contributed by atoms with Gasteiger partial charge in [0.15, 0.2) is 0 Å². The predicted octanol–water partition coefficient (Wildman–Crippen LogP) is 3.51. The third kappa shape index (κ3) is 4.63. The molecule has 2 aromatic rings. The van der Waals surface area contributed by atoms with Crippen LogP contribution in [0, 0.1) is 0 Å². The van der Waals surface area contributed by atoms with Gasteiger partial charge in [-0.15, -0.1) is 0 Å². The van der Waals surface area contributed by atoms with E-state index in [1.165, 1.54) is 0 Å². The fraction of sp³-hybridized carbons (Fsp3) is 0.278. The number of ether oxygens (including phenoxy) is 1. The van der Waals surface area contributed by atoms with Crippen molar-refractivity contribution in [2.24, 2.45) is 0 Å². The van der Waals surface area contributed by atoms with Gasteiger partial charge in [-0.2, -0.15) is 0 Å². The number of methoxy groups -OCH3 is 1. The highest BCUT2D eigenvalue weighted by Crippen LogP contribution is 2.21. The lowest BCUT2D eigenvalue weighted by Crippen LogP contribution is -2.24. The summed E-state index contributed by atoms with van der Waals surface area (Å²) in [4.78, 5) is 12.0. The number of carbonyl (C=O) groups excluding carboxylic acids is 1. The van der Waals surface area contributed by atoms with E-state index in [1.54, 1.807) is 7.11 Å². The molecule has 0 fully saturated rings. The van der Waals surface area contributed by atoms with E-state index in [0.29, 0.717) is 13.0 Å². The molecular weight excluding hydrogens is 262 g/mol. The van der Waals surface area contributed by atoms with E-state index >= 15 is 0 Å². The SMILES string of the molecule is COc1ccc([C@@H](C)CC(=O)NCc2ccccc2)cc1. The molecule has 0 unspecified atom stereocenters. The maximum absolute atomic E-state index is 12.0. The van der Waals surface area contributed by atoms with Crippen LogP contribution in [0.1, 0.15) is 30.4 Å². The Hall–Kier alpha value is -2.29. The highest BCUT2D eigenvalue weighted by molar-refractivity contribution is 5.76. The van der Waals surface area contributed by atoms with Gasteiger partial charge in [0.1, 0.15) is 5.75 Å². The van der Waals surface area contributed by atoms with Gasteiger partial charge in [-0.1, -0.05) is 49.4 Å². The molecular formula is C18H21NO2. The molecule has 2 rings (SSSR count). The molecule has 0 bridgehead atoms. The molecule has 0 aliphatic heterocycles. The molecule has 0 heterocycles. The second kappa shape index (κ2) is 7.48. The number of hydrogen-bond donors (Lipinski definition) is 1. The Morgan fingerprint density at radius 1 is 1.10 bits per heavy atom. The Morgan fingerprint density at radius 2 is 1.76 bits per heavy atom. The van der Waals surface area contributed by atoms with Gasteiger partial charge in [0.05, 0.1) is 7.11 Å². The summed E-state index contributed by atoms with van der Waals surface area (Å²) in [5.41, 5.74) is 2.26. The summed E-state index contributed by atoms with van der Waals surface area (Å²) in [6.07, 6.45) is 0.485. The number of benzene rings is 2. The van der Waals surface area contributed by atoms with Crippen molar-refractivity contribution in [3.8, 4) is 5.75 Å². The predicted molar refractivity (Wildman–Crippen MR) is 84.3 cm³/mol. The van der Waals surface area contributed by atoms with Crippen molar-refractivity contribution >= 4 is 5.91 Å². The van der Waals surface area contributed by atoms with Crippen molar-refractivity contribution in [2.45, 2.75) is 25.8 Å². The topological polar surface area (TPSA) is 38.3 Å². The van der Waals surface area contributed by atoms with Gasteiger partial charge in [-0.3, -0.25) is 4.79 Å². The minimum absolute atomic E-state index is 0.0715. The monoisotopic (exact) mass is 283 g/mol. The van der Waals surface area contributed by atoms with Crippen LogP contribution in [0.5, 0.6) is 5.75 Å². The summed E-state index contributed by atoms with van der Waals surface area (Å²) in [5, 5.41) is 2.96. The van der Waals surface area contributed by atoms with Crippen LogP contribution in [0.25, 0.3) is 0 Å². The van der Waals surface area contributed by atoms with Crippen molar-refractivity contribution in [3.05, 3.63) is 65.7 Å². The van der Waals surface area contributed by atoms with Crippen molar-refractivity contribution in [2.75, 3.05) is 7.11 Å². The van der Waals surface area contributed by atoms with E-state index < -0.39 is 0 Å². The lowest BCUT2D eigenvalue weighted by Gasteiger charge is -2.12. The van der Waals surface area contributed by atoms with Gasteiger partial charge in [-0.25, -0.2) is 0 Å². The Bertz CT molecular complexity index is 564. The largest absolute Gasteiger partial charge is 0.497 e. The number of nitrogens with one attached hydrogen (secondary N) is 1. The van der Waals surface area contributed by atoms with Crippen LogP contribution in [-0.4, -0.2) is 13.0 Å². The minimum Gasteiger partial charge on any atom is -0.497 e. The normalized spacial score (nSPS) is 11.7. The van der Waals surface area contributed by atoms with Gasteiger partial charge in [0, 0.05) is 13.0 Å². The number of amides is 1. The lowest BCUT2D eigenvalue weighted by atomic mass is 9.97. The summed E-state index contributed by atoms with van der Waals surface area (Å²) in [6.45, 7) is 2.64. The molecule has 1 atom stereocenters. The molecule has 0 saturated heterocycles. The zero-order chi connectivity index (χ0) is 15.1. The fourth-order valence-corrected chi connectivity index (χ4v) is 2.20. The van der Waals surface area contributed by atoms with Gasteiger partial charge in [-0.05, 0) is 29.2 Å². The Labute approximate surface area is 126 Å². The first-order valence-electron chi connectivity index (χ1n) is 7.13. The smallest absolute Gasteiger partial charge is 0.220 e. The molecule has 0 aliphatic carbocycles. The molecule has 0 radical (unpaired) electrons.